The van der Waals surface area contributed by atoms with Gasteiger partial charge in [-0.15, -0.1) is 10.2 Å². The average Bonchev–Trinajstić information content (AvgIpc) is 2.76. The van der Waals surface area contributed by atoms with Gasteiger partial charge in [-0.2, -0.15) is 0 Å². The molecule has 1 fully saturated rings. The summed E-state index contributed by atoms with van der Waals surface area (Å²) < 4.78 is 0. The second kappa shape index (κ2) is 9.02. The van der Waals surface area contributed by atoms with Crippen molar-refractivity contribution in [3.05, 3.63) is 70.2 Å². The molecule has 4 rings (SSSR count). The molecule has 1 saturated heterocycles. The van der Waals surface area contributed by atoms with Crippen LogP contribution in [0, 0.1) is 12.8 Å². The van der Waals surface area contributed by atoms with E-state index in [-0.39, 0.29) is 11.8 Å². The third-order valence-electron chi connectivity index (χ3n) is 5.38. The lowest BCUT2D eigenvalue weighted by atomic mass is 9.97. The Hall–Kier alpha value is -2.63. The van der Waals surface area contributed by atoms with Gasteiger partial charge in [0.25, 0.3) is 0 Å². The zero-order valence-electron chi connectivity index (χ0n) is 16.6. The summed E-state index contributed by atoms with van der Waals surface area (Å²) in [6.45, 7) is 3.50. The first-order chi connectivity index (χ1) is 14.5. The van der Waals surface area contributed by atoms with Crippen molar-refractivity contribution < 1.29 is 4.79 Å². The fourth-order valence-corrected chi connectivity index (χ4v) is 4.18. The molecular weight excluding hydrogens is 419 g/mol. The average molecular weight is 441 g/mol. The normalized spacial score (nSPS) is 16.4. The molecule has 0 unspecified atom stereocenters. The number of hydrogen-bond donors (Lipinski definition) is 1. The molecule has 154 valence electrons. The highest BCUT2D eigenvalue weighted by Crippen LogP contribution is 2.28. The number of rotatable bonds is 4. The quantitative estimate of drug-likeness (QED) is 0.572. The van der Waals surface area contributed by atoms with Crippen molar-refractivity contribution in [1.82, 2.24) is 10.2 Å². The molecule has 3 aromatic rings. The van der Waals surface area contributed by atoms with Crippen LogP contribution in [-0.4, -0.2) is 29.2 Å². The number of amides is 1. The van der Waals surface area contributed by atoms with Gasteiger partial charge in [-0.05, 0) is 55.7 Å². The summed E-state index contributed by atoms with van der Waals surface area (Å²) in [7, 11) is 0. The van der Waals surface area contributed by atoms with E-state index in [4.69, 9.17) is 23.2 Å². The highest BCUT2D eigenvalue weighted by atomic mass is 35.5. The molecule has 1 aliphatic rings. The highest BCUT2D eigenvalue weighted by molar-refractivity contribution is 6.36. The number of halogens is 2. The fraction of sp³-hybridized carbons (Fsp3) is 0.261. The van der Waals surface area contributed by atoms with Gasteiger partial charge in [0, 0.05) is 23.7 Å². The minimum absolute atomic E-state index is 0.0478. The molecule has 7 heteroatoms. The number of nitrogens with one attached hydrogen (secondary N) is 1. The Kier molecular flexibility index (Phi) is 6.21. The summed E-state index contributed by atoms with van der Waals surface area (Å²) in [5, 5.41) is 12.7. The summed E-state index contributed by atoms with van der Waals surface area (Å²) >= 11 is 12.1. The Labute approximate surface area is 186 Å². The number of anilines is 2. The number of piperidine rings is 1. The highest BCUT2D eigenvalue weighted by Gasteiger charge is 2.27. The lowest BCUT2D eigenvalue weighted by Crippen LogP contribution is -2.41. The van der Waals surface area contributed by atoms with E-state index in [9.17, 15) is 4.79 Å². The van der Waals surface area contributed by atoms with Gasteiger partial charge in [-0.25, -0.2) is 0 Å². The van der Waals surface area contributed by atoms with Crippen LogP contribution in [0.4, 0.5) is 11.5 Å². The Morgan fingerprint density at radius 1 is 1.10 bits per heavy atom. The Bertz CT molecular complexity index is 1060. The van der Waals surface area contributed by atoms with Crippen LogP contribution in [0.15, 0.2) is 54.6 Å². The van der Waals surface area contributed by atoms with Gasteiger partial charge in [0.1, 0.15) is 0 Å². The van der Waals surface area contributed by atoms with E-state index in [0.29, 0.717) is 22.3 Å². The number of carbonyl (C=O) groups is 1. The monoisotopic (exact) mass is 440 g/mol. The molecule has 0 aliphatic carbocycles. The third kappa shape index (κ3) is 4.58. The molecule has 1 atom stereocenters. The fourth-order valence-electron chi connectivity index (χ4n) is 3.72. The zero-order chi connectivity index (χ0) is 21.1. The van der Waals surface area contributed by atoms with Gasteiger partial charge < -0.3 is 10.2 Å². The van der Waals surface area contributed by atoms with Crippen LogP contribution >= 0.6 is 23.2 Å². The number of aromatic nitrogens is 2. The zero-order valence-corrected chi connectivity index (χ0v) is 18.1. The van der Waals surface area contributed by atoms with Crippen LogP contribution in [0.5, 0.6) is 0 Å². The van der Waals surface area contributed by atoms with E-state index in [1.807, 2.05) is 30.3 Å². The summed E-state index contributed by atoms with van der Waals surface area (Å²) in [5.74, 6) is 0.589. The summed E-state index contributed by atoms with van der Waals surface area (Å²) in [6, 6.07) is 17.1. The first-order valence-corrected chi connectivity index (χ1v) is 10.7. The van der Waals surface area contributed by atoms with Crippen LogP contribution < -0.4 is 10.2 Å². The van der Waals surface area contributed by atoms with E-state index in [2.05, 4.69) is 33.4 Å². The standard InChI is InChI=1S/C23H22Cl2N4O/c1-15-5-2-3-7-18(15)20-10-11-22(28-27-20)29-12-4-6-16(14-29)23(30)26-21-9-8-17(24)13-19(21)25/h2-3,5,7-11,13,16H,4,6,12,14H2,1H3,(H,26,30)/t16-/m1/s1. The van der Waals surface area contributed by atoms with E-state index in [1.165, 1.54) is 0 Å². The van der Waals surface area contributed by atoms with Gasteiger partial charge in [-0.1, -0.05) is 47.5 Å². The second-order valence-electron chi connectivity index (χ2n) is 7.49. The van der Waals surface area contributed by atoms with E-state index < -0.39 is 0 Å². The summed E-state index contributed by atoms with van der Waals surface area (Å²) in [5.41, 5.74) is 3.66. The molecule has 1 aromatic heterocycles. The molecule has 30 heavy (non-hydrogen) atoms. The summed E-state index contributed by atoms with van der Waals surface area (Å²) in [4.78, 5) is 14.9. The first kappa shape index (κ1) is 20.6. The number of benzene rings is 2. The van der Waals surface area contributed by atoms with Crippen LogP contribution in [0.25, 0.3) is 11.3 Å². The van der Waals surface area contributed by atoms with Gasteiger partial charge in [-0.3, -0.25) is 4.79 Å². The van der Waals surface area contributed by atoms with E-state index in [0.717, 1.165) is 42.0 Å². The smallest absolute Gasteiger partial charge is 0.229 e. The third-order valence-corrected chi connectivity index (χ3v) is 5.92. The van der Waals surface area contributed by atoms with Crippen LogP contribution in [0.2, 0.25) is 10.0 Å². The van der Waals surface area contributed by atoms with Gasteiger partial charge in [0.15, 0.2) is 5.82 Å². The van der Waals surface area contributed by atoms with Crippen molar-refractivity contribution in [2.75, 3.05) is 23.3 Å². The van der Waals surface area contributed by atoms with Gasteiger partial charge in [0.05, 0.1) is 22.3 Å². The maximum Gasteiger partial charge on any atom is 0.229 e. The van der Waals surface area contributed by atoms with Gasteiger partial charge >= 0.3 is 0 Å². The topological polar surface area (TPSA) is 58.1 Å². The molecule has 0 saturated carbocycles. The SMILES string of the molecule is Cc1ccccc1-c1ccc(N2CCC[C@@H](C(=O)Nc3ccc(Cl)cc3Cl)C2)nn1. The molecule has 2 heterocycles. The molecule has 1 N–H and O–H groups in total. The van der Waals surface area contributed by atoms with Crippen molar-refractivity contribution in [3.63, 3.8) is 0 Å². The predicted molar refractivity (Wildman–Crippen MR) is 122 cm³/mol. The molecular formula is C23H22Cl2N4O. The van der Waals surface area contributed by atoms with Crippen molar-refractivity contribution >= 4 is 40.6 Å². The Balaban J connectivity index is 1.44. The number of aryl methyl sites for hydroxylation is 1. The second-order valence-corrected chi connectivity index (χ2v) is 8.33. The molecule has 2 aromatic carbocycles. The molecule has 1 aliphatic heterocycles. The minimum atomic E-state index is -0.150. The van der Waals surface area contributed by atoms with E-state index in [1.54, 1.807) is 18.2 Å². The number of nitrogens with zero attached hydrogens (tertiary/aromatic N) is 3. The van der Waals surface area contributed by atoms with E-state index >= 15 is 0 Å². The lowest BCUT2D eigenvalue weighted by molar-refractivity contribution is -0.120. The minimum Gasteiger partial charge on any atom is -0.354 e. The lowest BCUT2D eigenvalue weighted by Gasteiger charge is -2.32. The largest absolute Gasteiger partial charge is 0.354 e. The maximum absolute atomic E-state index is 12.8. The molecule has 5 nitrogen and oxygen atoms in total. The van der Waals surface area contributed by atoms with Crippen LogP contribution in [0.3, 0.4) is 0 Å². The predicted octanol–water partition coefficient (Wildman–Crippen LogP) is 5.61. The molecule has 1 amide bonds. The Morgan fingerprint density at radius 2 is 1.93 bits per heavy atom. The van der Waals surface area contributed by atoms with Crippen molar-refractivity contribution in [2.24, 2.45) is 5.92 Å². The maximum atomic E-state index is 12.8. The molecule has 0 bridgehead atoms. The molecule has 0 spiro atoms. The van der Waals surface area contributed by atoms with Crippen LogP contribution in [-0.2, 0) is 4.79 Å². The number of carbonyl (C=O) groups excluding carboxylic acids is 1. The van der Waals surface area contributed by atoms with Crippen molar-refractivity contribution in [1.29, 1.82) is 0 Å². The van der Waals surface area contributed by atoms with Gasteiger partial charge in [0.2, 0.25) is 5.91 Å². The number of hydrogen-bond acceptors (Lipinski definition) is 4. The summed E-state index contributed by atoms with van der Waals surface area (Å²) in [6.07, 6.45) is 1.73. The van der Waals surface area contributed by atoms with Crippen molar-refractivity contribution in [3.8, 4) is 11.3 Å². The first-order valence-electron chi connectivity index (χ1n) is 9.92. The van der Waals surface area contributed by atoms with Crippen LogP contribution in [0.1, 0.15) is 18.4 Å². The Morgan fingerprint density at radius 3 is 2.67 bits per heavy atom. The van der Waals surface area contributed by atoms with Crippen molar-refractivity contribution in [2.45, 2.75) is 19.8 Å². The molecule has 0 radical (unpaired) electrons.